The highest BCUT2D eigenvalue weighted by Gasteiger charge is 2.22. The van der Waals surface area contributed by atoms with E-state index in [4.69, 9.17) is 16.3 Å². The van der Waals surface area contributed by atoms with Gasteiger partial charge in [0, 0.05) is 11.1 Å². The van der Waals surface area contributed by atoms with E-state index >= 15 is 0 Å². The number of ether oxygens (including phenoxy) is 1. The predicted molar refractivity (Wildman–Crippen MR) is 85.7 cm³/mol. The molecule has 0 aliphatic heterocycles. The summed E-state index contributed by atoms with van der Waals surface area (Å²) in [5.74, 6) is 1.72. The zero-order chi connectivity index (χ0) is 14.4. The fraction of sp³-hybridized carbons (Fsp3) is 0.647. The fourth-order valence-electron chi connectivity index (χ4n) is 3.36. The van der Waals surface area contributed by atoms with E-state index < -0.39 is 0 Å². The van der Waals surface area contributed by atoms with Gasteiger partial charge in [0.15, 0.2) is 0 Å². The Balaban J connectivity index is 2.10. The second-order valence-electron chi connectivity index (χ2n) is 5.81. The second-order valence-corrected chi connectivity index (χ2v) is 6.24. The Kier molecular flexibility index (Phi) is 6.18. The Hall–Kier alpha value is -0.730. The van der Waals surface area contributed by atoms with Crippen LogP contribution < -0.4 is 10.1 Å². The summed E-state index contributed by atoms with van der Waals surface area (Å²) in [5, 5.41) is 4.31. The summed E-state index contributed by atoms with van der Waals surface area (Å²) in [6.45, 7) is 0. The van der Waals surface area contributed by atoms with Crippen LogP contribution in [0.3, 0.4) is 0 Å². The molecule has 0 radical (unpaired) electrons. The molecule has 0 spiro atoms. The van der Waals surface area contributed by atoms with Gasteiger partial charge in [-0.2, -0.15) is 0 Å². The Bertz CT molecular complexity index is 413. The van der Waals surface area contributed by atoms with Crippen molar-refractivity contribution < 1.29 is 4.74 Å². The predicted octanol–water partition coefficient (Wildman–Crippen LogP) is 4.45. The third kappa shape index (κ3) is 4.13. The highest BCUT2D eigenvalue weighted by molar-refractivity contribution is 6.30. The molecule has 1 unspecified atom stereocenters. The van der Waals surface area contributed by atoms with Crippen LogP contribution in [-0.2, 0) is 6.42 Å². The molecule has 1 atom stereocenters. The lowest BCUT2D eigenvalue weighted by Crippen LogP contribution is -2.35. The van der Waals surface area contributed by atoms with Gasteiger partial charge >= 0.3 is 0 Å². The molecule has 1 N–H and O–H groups in total. The van der Waals surface area contributed by atoms with E-state index in [1.54, 1.807) is 7.11 Å². The van der Waals surface area contributed by atoms with Crippen LogP contribution in [0.4, 0.5) is 0 Å². The molecule has 2 nitrogen and oxygen atoms in total. The van der Waals surface area contributed by atoms with Crippen molar-refractivity contribution in [2.24, 2.45) is 5.92 Å². The summed E-state index contributed by atoms with van der Waals surface area (Å²) in [7, 11) is 3.80. The number of benzene rings is 1. The normalized spacial score (nSPS) is 18.6. The average Bonchev–Trinajstić information content (AvgIpc) is 2.74. The van der Waals surface area contributed by atoms with Crippen molar-refractivity contribution in [1.29, 1.82) is 0 Å². The third-order valence-corrected chi connectivity index (χ3v) is 4.76. The second kappa shape index (κ2) is 7.90. The Morgan fingerprint density at radius 3 is 2.55 bits per heavy atom. The Morgan fingerprint density at radius 2 is 1.95 bits per heavy atom. The summed E-state index contributed by atoms with van der Waals surface area (Å²) >= 11 is 6.14. The summed E-state index contributed by atoms with van der Waals surface area (Å²) in [5.41, 5.74) is 1.21. The van der Waals surface area contributed by atoms with E-state index in [2.05, 4.69) is 12.4 Å². The van der Waals surface area contributed by atoms with Gasteiger partial charge in [0.25, 0.3) is 0 Å². The lowest BCUT2D eigenvalue weighted by atomic mass is 9.87. The van der Waals surface area contributed by atoms with Crippen LogP contribution in [0.1, 0.15) is 44.1 Å². The van der Waals surface area contributed by atoms with Crippen LogP contribution >= 0.6 is 11.6 Å². The zero-order valence-corrected chi connectivity index (χ0v) is 13.4. The molecule has 2 rings (SSSR count). The molecule has 20 heavy (non-hydrogen) atoms. The zero-order valence-electron chi connectivity index (χ0n) is 12.6. The number of nitrogens with one attached hydrogen (secondary N) is 1. The van der Waals surface area contributed by atoms with Gasteiger partial charge in [-0.15, -0.1) is 0 Å². The molecule has 1 aliphatic carbocycles. The Morgan fingerprint density at radius 1 is 1.25 bits per heavy atom. The van der Waals surface area contributed by atoms with Crippen molar-refractivity contribution in [3.05, 3.63) is 28.8 Å². The maximum absolute atomic E-state index is 6.14. The van der Waals surface area contributed by atoms with Gasteiger partial charge in [-0.25, -0.2) is 0 Å². The minimum Gasteiger partial charge on any atom is -0.496 e. The summed E-state index contributed by atoms with van der Waals surface area (Å²) < 4.78 is 5.47. The summed E-state index contributed by atoms with van der Waals surface area (Å²) in [6.07, 6.45) is 9.21. The summed E-state index contributed by atoms with van der Waals surface area (Å²) in [6, 6.07) is 6.42. The SMILES string of the molecule is CNC(Cc1cc(Cl)ccc1OC)C1CCCCCC1. The molecule has 1 aromatic rings. The minimum absolute atomic E-state index is 0.514. The number of hydrogen-bond donors (Lipinski definition) is 1. The Labute approximate surface area is 127 Å². The van der Waals surface area contributed by atoms with Crippen LogP contribution in [0.15, 0.2) is 18.2 Å². The number of rotatable bonds is 5. The van der Waals surface area contributed by atoms with Gasteiger partial charge in [0.05, 0.1) is 7.11 Å². The van der Waals surface area contributed by atoms with Gasteiger partial charge in [0.2, 0.25) is 0 Å². The highest BCUT2D eigenvalue weighted by atomic mass is 35.5. The molecule has 1 aromatic carbocycles. The first kappa shape index (κ1) is 15.7. The molecule has 0 aromatic heterocycles. The van der Waals surface area contributed by atoms with Gasteiger partial charge in [-0.3, -0.25) is 0 Å². The minimum atomic E-state index is 0.514. The largest absolute Gasteiger partial charge is 0.496 e. The first-order valence-corrected chi connectivity index (χ1v) is 8.12. The van der Waals surface area contributed by atoms with E-state index in [1.807, 2.05) is 18.2 Å². The first-order valence-electron chi connectivity index (χ1n) is 7.74. The third-order valence-electron chi connectivity index (χ3n) is 4.52. The highest BCUT2D eigenvalue weighted by Crippen LogP contribution is 2.30. The van der Waals surface area contributed by atoms with Crippen molar-refractivity contribution in [3.63, 3.8) is 0 Å². The molecular weight excluding hydrogens is 270 g/mol. The van der Waals surface area contributed by atoms with E-state index in [0.29, 0.717) is 6.04 Å². The van der Waals surface area contributed by atoms with Crippen molar-refractivity contribution in [2.45, 2.75) is 51.0 Å². The van der Waals surface area contributed by atoms with E-state index in [1.165, 1.54) is 44.1 Å². The van der Waals surface area contributed by atoms with Crippen LogP contribution in [0.25, 0.3) is 0 Å². The molecule has 1 fully saturated rings. The van der Waals surface area contributed by atoms with Crippen molar-refractivity contribution in [2.75, 3.05) is 14.2 Å². The van der Waals surface area contributed by atoms with Gasteiger partial charge in [-0.05, 0) is 56.0 Å². The maximum atomic E-state index is 6.14. The number of hydrogen-bond acceptors (Lipinski definition) is 2. The van der Waals surface area contributed by atoms with Crippen molar-refractivity contribution in [3.8, 4) is 5.75 Å². The monoisotopic (exact) mass is 295 g/mol. The smallest absolute Gasteiger partial charge is 0.122 e. The van der Waals surface area contributed by atoms with E-state index in [9.17, 15) is 0 Å². The summed E-state index contributed by atoms with van der Waals surface area (Å²) in [4.78, 5) is 0. The molecule has 0 bridgehead atoms. The van der Waals surface area contributed by atoms with Crippen LogP contribution in [0.2, 0.25) is 5.02 Å². The lowest BCUT2D eigenvalue weighted by molar-refractivity contribution is 0.328. The molecule has 0 amide bonds. The molecule has 0 saturated heterocycles. The average molecular weight is 296 g/mol. The van der Waals surface area contributed by atoms with Crippen LogP contribution in [0, 0.1) is 5.92 Å². The van der Waals surface area contributed by atoms with Gasteiger partial charge in [0.1, 0.15) is 5.75 Å². The maximum Gasteiger partial charge on any atom is 0.122 e. The molecule has 3 heteroatoms. The van der Waals surface area contributed by atoms with E-state index in [0.717, 1.165) is 23.1 Å². The van der Waals surface area contributed by atoms with Crippen molar-refractivity contribution >= 4 is 11.6 Å². The molecule has 1 saturated carbocycles. The molecule has 112 valence electrons. The van der Waals surface area contributed by atoms with Gasteiger partial charge < -0.3 is 10.1 Å². The van der Waals surface area contributed by atoms with E-state index in [-0.39, 0.29) is 0 Å². The van der Waals surface area contributed by atoms with Crippen LogP contribution in [0.5, 0.6) is 5.75 Å². The molecular formula is C17H26ClNO. The van der Waals surface area contributed by atoms with Gasteiger partial charge in [-0.1, -0.05) is 37.3 Å². The number of methoxy groups -OCH3 is 1. The number of likely N-dealkylation sites (N-methyl/N-ethyl adjacent to an activating group) is 1. The lowest BCUT2D eigenvalue weighted by Gasteiger charge is -2.26. The topological polar surface area (TPSA) is 21.3 Å². The quantitative estimate of drug-likeness (QED) is 0.810. The fourth-order valence-corrected chi connectivity index (χ4v) is 3.56. The first-order chi connectivity index (χ1) is 9.74. The molecule has 0 heterocycles. The standard InChI is InChI=1S/C17H26ClNO/c1-19-16(13-7-5-3-4-6-8-13)12-14-11-15(18)9-10-17(14)20-2/h9-11,13,16,19H,3-8,12H2,1-2H3. The molecule has 1 aliphatic rings. The van der Waals surface area contributed by atoms with Crippen molar-refractivity contribution in [1.82, 2.24) is 5.32 Å². The van der Waals surface area contributed by atoms with Crippen LogP contribution in [-0.4, -0.2) is 20.2 Å². The number of halogens is 1.